The zero-order chi connectivity index (χ0) is 21.2. The summed E-state index contributed by atoms with van der Waals surface area (Å²) in [5, 5.41) is 7.63. The van der Waals surface area contributed by atoms with Gasteiger partial charge >= 0.3 is 0 Å². The first-order valence-electron chi connectivity index (χ1n) is 10.3. The second-order valence-corrected chi connectivity index (χ2v) is 7.54. The first-order valence-corrected chi connectivity index (χ1v) is 10.3. The molecule has 2 aromatic carbocycles. The molecule has 1 fully saturated rings. The van der Waals surface area contributed by atoms with Crippen LogP contribution in [0.1, 0.15) is 6.92 Å². The topological polar surface area (TPSA) is 71.8 Å². The van der Waals surface area contributed by atoms with Crippen molar-refractivity contribution in [3.05, 3.63) is 66.9 Å². The molecular formula is C24H23N5O2. The number of nitrogens with zero attached hydrogens (tertiary/aromatic N) is 4. The molecule has 3 heterocycles. The van der Waals surface area contributed by atoms with E-state index in [2.05, 4.69) is 39.5 Å². The Hall–Kier alpha value is -3.71. The highest BCUT2D eigenvalue weighted by atomic mass is 16.5. The van der Waals surface area contributed by atoms with Gasteiger partial charge in [0.2, 0.25) is 5.91 Å². The molecule has 0 bridgehead atoms. The molecule has 0 unspecified atom stereocenters. The van der Waals surface area contributed by atoms with Gasteiger partial charge in [-0.3, -0.25) is 4.79 Å². The minimum Gasteiger partial charge on any atom is -0.378 e. The fraction of sp³-hybridized carbons (Fsp3) is 0.208. The number of hydrogen-bond acceptors (Lipinski definition) is 5. The van der Waals surface area contributed by atoms with Crippen molar-refractivity contribution in [1.29, 1.82) is 0 Å². The van der Waals surface area contributed by atoms with E-state index >= 15 is 0 Å². The van der Waals surface area contributed by atoms with Crippen LogP contribution in [0, 0.1) is 0 Å². The Kier molecular flexibility index (Phi) is 5.09. The fourth-order valence-corrected chi connectivity index (χ4v) is 3.82. The number of carbonyl (C=O) groups is 1. The Bertz CT molecular complexity index is 1210. The van der Waals surface area contributed by atoms with Gasteiger partial charge in [0.05, 0.1) is 30.8 Å². The molecule has 31 heavy (non-hydrogen) atoms. The summed E-state index contributed by atoms with van der Waals surface area (Å²) in [7, 11) is 0. The number of morpholine rings is 1. The second kappa shape index (κ2) is 8.20. The number of fused-ring (bicyclic) bond motifs is 1. The number of benzene rings is 2. The average Bonchev–Trinajstić information content (AvgIpc) is 3.23. The first-order chi connectivity index (χ1) is 15.2. The van der Waals surface area contributed by atoms with E-state index in [1.165, 1.54) is 12.6 Å². The number of rotatable bonds is 4. The van der Waals surface area contributed by atoms with Gasteiger partial charge in [0.25, 0.3) is 0 Å². The van der Waals surface area contributed by atoms with E-state index in [0.717, 1.165) is 60.2 Å². The van der Waals surface area contributed by atoms with Crippen LogP contribution in [0.15, 0.2) is 66.9 Å². The number of anilines is 2. The third kappa shape index (κ3) is 4.00. The van der Waals surface area contributed by atoms with Crippen molar-refractivity contribution in [3.8, 4) is 22.5 Å². The smallest absolute Gasteiger partial charge is 0.221 e. The summed E-state index contributed by atoms with van der Waals surface area (Å²) in [5.41, 5.74) is 6.57. The molecule has 1 amide bonds. The molecule has 2 aromatic heterocycles. The average molecular weight is 413 g/mol. The maximum absolute atomic E-state index is 11.2. The lowest BCUT2D eigenvalue weighted by atomic mass is 10.1. The number of hydrogen-bond donors (Lipinski definition) is 1. The number of carbonyl (C=O) groups excluding carboxylic acids is 1. The lowest BCUT2D eigenvalue weighted by molar-refractivity contribution is -0.114. The highest BCUT2D eigenvalue weighted by molar-refractivity contribution is 5.89. The van der Waals surface area contributed by atoms with Crippen molar-refractivity contribution in [2.75, 3.05) is 36.5 Å². The molecule has 0 aliphatic carbocycles. The molecule has 0 atom stereocenters. The maximum Gasteiger partial charge on any atom is 0.221 e. The molecule has 156 valence electrons. The third-order valence-corrected chi connectivity index (χ3v) is 5.40. The lowest BCUT2D eigenvalue weighted by Gasteiger charge is -2.28. The number of amides is 1. The van der Waals surface area contributed by atoms with E-state index in [-0.39, 0.29) is 5.91 Å². The van der Waals surface area contributed by atoms with Crippen LogP contribution >= 0.6 is 0 Å². The van der Waals surface area contributed by atoms with Crippen molar-refractivity contribution in [3.63, 3.8) is 0 Å². The van der Waals surface area contributed by atoms with Crippen molar-refractivity contribution >= 4 is 22.9 Å². The van der Waals surface area contributed by atoms with Gasteiger partial charge in [0.15, 0.2) is 5.65 Å². The summed E-state index contributed by atoms with van der Waals surface area (Å²) in [4.78, 5) is 18.1. The quantitative estimate of drug-likeness (QED) is 0.550. The Morgan fingerprint density at radius 2 is 1.65 bits per heavy atom. The molecule has 1 N–H and O–H groups in total. The Balaban J connectivity index is 1.44. The van der Waals surface area contributed by atoms with Crippen LogP contribution in [-0.2, 0) is 9.53 Å². The van der Waals surface area contributed by atoms with E-state index < -0.39 is 0 Å². The molecule has 7 nitrogen and oxygen atoms in total. The minimum atomic E-state index is -0.0894. The third-order valence-electron chi connectivity index (χ3n) is 5.40. The van der Waals surface area contributed by atoms with Gasteiger partial charge in [0.1, 0.15) is 0 Å². The normalized spacial score (nSPS) is 14.0. The molecule has 0 spiro atoms. The van der Waals surface area contributed by atoms with Crippen molar-refractivity contribution in [1.82, 2.24) is 14.6 Å². The Morgan fingerprint density at radius 3 is 2.35 bits per heavy atom. The highest BCUT2D eigenvalue weighted by Crippen LogP contribution is 2.26. The molecule has 0 saturated carbocycles. The van der Waals surface area contributed by atoms with E-state index in [1.807, 2.05) is 47.1 Å². The van der Waals surface area contributed by atoms with Crippen LogP contribution in [0.5, 0.6) is 0 Å². The lowest BCUT2D eigenvalue weighted by Crippen LogP contribution is -2.36. The van der Waals surface area contributed by atoms with Gasteiger partial charge in [-0.05, 0) is 36.4 Å². The zero-order valence-corrected chi connectivity index (χ0v) is 17.3. The van der Waals surface area contributed by atoms with Crippen LogP contribution < -0.4 is 10.2 Å². The van der Waals surface area contributed by atoms with Crippen LogP contribution in [0.3, 0.4) is 0 Å². The van der Waals surface area contributed by atoms with E-state index in [9.17, 15) is 4.79 Å². The maximum atomic E-state index is 11.2. The van der Waals surface area contributed by atoms with Gasteiger partial charge < -0.3 is 15.0 Å². The second-order valence-electron chi connectivity index (χ2n) is 7.54. The predicted molar refractivity (Wildman–Crippen MR) is 121 cm³/mol. The molecule has 7 heteroatoms. The molecule has 4 aromatic rings. The zero-order valence-electron chi connectivity index (χ0n) is 17.3. The molecular weight excluding hydrogens is 390 g/mol. The van der Waals surface area contributed by atoms with E-state index in [0.29, 0.717) is 0 Å². The molecule has 5 rings (SSSR count). The highest BCUT2D eigenvalue weighted by Gasteiger charge is 2.12. The standard InChI is InChI=1S/C24H23N5O2/c1-17(30)26-20-6-2-19(3-7-20)23-16-25-24-11-10-22(27-29(23)24)18-4-8-21(9-5-18)28-12-14-31-15-13-28/h2-11,16H,12-15H2,1H3,(H,26,30). The minimum absolute atomic E-state index is 0.0894. The fourth-order valence-electron chi connectivity index (χ4n) is 3.82. The summed E-state index contributed by atoms with van der Waals surface area (Å²) >= 11 is 0. The Morgan fingerprint density at radius 1 is 0.935 bits per heavy atom. The summed E-state index contributed by atoms with van der Waals surface area (Å²) in [6.45, 7) is 4.88. The predicted octanol–water partition coefficient (Wildman–Crippen LogP) is 3.86. The van der Waals surface area contributed by atoms with E-state index in [1.54, 1.807) is 0 Å². The summed E-state index contributed by atoms with van der Waals surface area (Å²) in [6, 6.07) is 20.2. The largest absolute Gasteiger partial charge is 0.378 e. The number of aromatic nitrogens is 3. The van der Waals surface area contributed by atoms with Gasteiger partial charge in [-0.2, -0.15) is 5.10 Å². The number of imidazole rings is 1. The van der Waals surface area contributed by atoms with Crippen LogP contribution in [0.2, 0.25) is 0 Å². The van der Waals surface area contributed by atoms with Gasteiger partial charge in [-0.1, -0.05) is 24.3 Å². The van der Waals surface area contributed by atoms with Crippen molar-refractivity contribution in [2.24, 2.45) is 0 Å². The van der Waals surface area contributed by atoms with Gasteiger partial charge in [0, 0.05) is 42.5 Å². The molecule has 1 aliphatic heterocycles. The van der Waals surface area contributed by atoms with Crippen LogP contribution in [0.4, 0.5) is 11.4 Å². The van der Waals surface area contributed by atoms with Crippen molar-refractivity contribution in [2.45, 2.75) is 6.92 Å². The van der Waals surface area contributed by atoms with Gasteiger partial charge in [-0.25, -0.2) is 9.50 Å². The summed E-state index contributed by atoms with van der Waals surface area (Å²) < 4.78 is 7.30. The Labute approximate surface area is 180 Å². The molecule has 1 saturated heterocycles. The number of nitrogens with one attached hydrogen (secondary N) is 1. The van der Waals surface area contributed by atoms with Crippen LogP contribution in [0.25, 0.3) is 28.2 Å². The summed E-state index contributed by atoms with van der Waals surface area (Å²) in [5.74, 6) is -0.0894. The summed E-state index contributed by atoms with van der Waals surface area (Å²) in [6.07, 6.45) is 1.82. The van der Waals surface area contributed by atoms with Crippen LogP contribution in [-0.4, -0.2) is 46.8 Å². The van der Waals surface area contributed by atoms with E-state index in [4.69, 9.17) is 9.84 Å². The molecule has 0 radical (unpaired) electrons. The SMILES string of the molecule is CC(=O)Nc1ccc(-c2cnc3ccc(-c4ccc(N5CCOCC5)cc4)nn23)cc1. The van der Waals surface area contributed by atoms with Gasteiger partial charge in [-0.15, -0.1) is 0 Å². The number of ether oxygens (including phenoxy) is 1. The monoisotopic (exact) mass is 413 g/mol. The van der Waals surface area contributed by atoms with Crippen molar-refractivity contribution < 1.29 is 9.53 Å². The molecule has 1 aliphatic rings. The first kappa shape index (κ1) is 19.3.